The zero-order valence-corrected chi connectivity index (χ0v) is 11.9. The standard InChI is InChI=1S/C18H14N2O2/c1-2-4-14-12(3-1)13-7-8-19-17(18(13)20-14)11-5-6-15-16(9-11)22-10-21-15/h1-6,9,20H,7-8,10H2. The number of para-hydroxylation sites is 1. The molecule has 0 atom stereocenters. The molecule has 4 nitrogen and oxygen atoms in total. The zero-order chi connectivity index (χ0) is 14.5. The number of benzene rings is 2. The van der Waals surface area contributed by atoms with Crippen LogP contribution >= 0.6 is 0 Å². The number of H-pyrrole nitrogens is 1. The Hall–Kier alpha value is -2.75. The molecule has 0 spiro atoms. The van der Waals surface area contributed by atoms with Gasteiger partial charge in [-0.2, -0.15) is 0 Å². The van der Waals surface area contributed by atoms with Gasteiger partial charge in [0.05, 0.1) is 11.4 Å². The van der Waals surface area contributed by atoms with Crippen LogP contribution < -0.4 is 9.47 Å². The zero-order valence-electron chi connectivity index (χ0n) is 11.9. The fourth-order valence-corrected chi connectivity index (χ4v) is 3.30. The van der Waals surface area contributed by atoms with E-state index in [4.69, 9.17) is 14.5 Å². The van der Waals surface area contributed by atoms with E-state index in [-0.39, 0.29) is 0 Å². The molecule has 3 heterocycles. The van der Waals surface area contributed by atoms with Crippen molar-refractivity contribution in [1.29, 1.82) is 0 Å². The normalized spacial score (nSPS) is 15.7. The van der Waals surface area contributed by atoms with Crippen LogP contribution in [0.4, 0.5) is 0 Å². The van der Waals surface area contributed by atoms with E-state index >= 15 is 0 Å². The molecule has 2 aliphatic rings. The van der Waals surface area contributed by atoms with Crippen LogP contribution in [0.2, 0.25) is 0 Å². The summed E-state index contributed by atoms with van der Waals surface area (Å²) < 4.78 is 10.9. The molecule has 4 heteroatoms. The molecule has 0 saturated heterocycles. The van der Waals surface area contributed by atoms with Gasteiger partial charge in [0.15, 0.2) is 11.5 Å². The molecule has 0 amide bonds. The number of aromatic amines is 1. The van der Waals surface area contributed by atoms with Crippen molar-refractivity contribution in [2.45, 2.75) is 6.42 Å². The highest BCUT2D eigenvalue weighted by atomic mass is 16.7. The minimum absolute atomic E-state index is 0.295. The Balaban J connectivity index is 1.69. The highest BCUT2D eigenvalue weighted by molar-refractivity contribution is 6.16. The van der Waals surface area contributed by atoms with E-state index in [1.807, 2.05) is 18.2 Å². The van der Waals surface area contributed by atoms with Crippen LogP contribution in [0.5, 0.6) is 11.5 Å². The lowest BCUT2D eigenvalue weighted by Crippen LogP contribution is -2.13. The van der Waals surface area contributed by atoms with Crippen LogP contribution in [-0.4, -0.2) is 24.0 Å². The summed E-state index contributed by atoms with van der Waals surface area (Å²) in [6.07, 6.45) is 0.980. The predicted octanol–water partition coefficient (Wildman–Crippen LogP) is 3.29. The summed E-state index contributed by atoms with van der Waals surface area (Å²) in [7, 11) is 0. The maximum Gasteiger partial charge on any atom is 0.231 e. The third-order valence-electron chi connectivity index (χ3n) is 4.33. The van der Waals surface area contributed by atoms with Crippen LogP contribution in [0.1, 0.15) is 16.8 Å². The first-order valence-corrected chi connectivity index (χ1v) is 7.44. The van der Waals surface area contributed by atoms with Crippen molar-refractivity contribution in [1.82, 2.24) is 4.98 Å². The maximum atomic E-state index is 5.49. The summed E-state index contributed by atoms with van der Waals surface area (Å²) in [5.74, 6) is 1.60. The van der Waals surface area contributed by atoms with E-state index < -0.39 is 0 Å². The molecule has 0 bridgehead atoms. The Morgan fingerprint density at radius 3 is 2.91 bits per heavy atom. The van der Waals surface area contributed by atoms with Crippen LogP contribution in [0.25, 0.3) is 10.9 Å². The van der Waals surface area contributed by atoms with Gasteiger partial charge in [-0.3, -0.25) is 4.99 Å². The van der Waals surface area contributed by atoms with E-state index in [1.165, 1.54) is 16.5 Å². The summed E-state index contributed by atoms with van der Waals surface area (Å²) in [5.41, 5.74) is 5.74. The largest absolute Gasteiger partial charge is 0.454 e. The van der Waals surface area contributed by atoms with Gasteiger partial charge in [-0.15, -0.1) is 0 Å². The number of nitrogens with one attached hydrogen (secondary N) is 1. The Bertz CT molecular complexity index is 924. The highest BCUT2D eigenvalue weighted by Crippen LogP contribution is 2.35. The summed E-state index contributed by atoms with van der Waals surface area (Å²) in [6, 6.07) is 14.5. The number of fused-ring (bicyclic) bond motifs is 4. The molecule has 1 aromatic heterocycles. The number of hydrogen-bond donors (Lipinski definition) is 1. The van der Waals surface area contributed by atoms with Crippen LogP contribution in [0.3, 0.4) is 0 Å². The average Bonchev–Trinajstić information content (AvgIpc) is 3.18. The van der Waals surface area contributed by atoms with Crippen molar-refractivity contribution in [3.05, 3.63) is 59.3 Å². The van der Waals surface area contributed by atoms with E-state index in [0.717, 1.165) is 41.4 Å². The molecule has 0 radical (unpaired) electrons. The number of aromatic nitrogens is 1. The first kappa shape index (κ1) is 11.9. The van der Waals surface area contributed by atoms with Gasteiger partial charge >= 0.3 is 0 Å². The summed E-state index contributed by atoms with van der Waals surface area (Å²) in [6.45, 7) is 1.11. The van der Waals surface area contributed by atoms with Gasteiger partial charge in [0, 0.05) is 23.0 Å². The topological polar surface area (TPSA) is 46.6 Å². The maximum absolute atomic E-state index is 5.49. The summed E-state index contributed by atoms with van der Waals surface area (Å²) in [4.78, 5) is 8.28. The quantitative estimate of drug-likeness (QED) is 0.747. The number of aliphatic imine (C=N–C) groups is 1. The SMILES string of the molecule is c1ccc2c3c([nH]c2c1)C(c1ccc2c(c1)OCO2)=NCC3. The molecule has 22 heavy (non-hydrogen) atoms. The first-order chi connectivity index (χ1) is 10.9. The van der Waals surface area contributed by atoms with Crippen LogP contribution in [-0.2, 0) is 6.42 Å². The van der Waals surface area contributed by atoms with Crippen LogP contribution in [0.15, 0.2) is 47.5 Å². The lowest BCUT2D eigenvalue weighted by atomic mass is 9.98. The lowest BCUT2D eigenvalue weighted by Gasteiger charge is -2.14. The molecule has 0 saturated carbocycles. The molecule has 5 rings (SSSR count). The number of nitrogens with zero attached hydrogens (tertiary/aromatic N) is 1. The minimum atomic E-state index is 0.295. The summed E-state index contributed by atoms with van der Waals surface area (Å²) in [5, 5.41) is 1.30. The van der Waals surface area contributed by atoms with E-state index in [1.54, 1.807) is 0 Å². The van der Waals surface area contributed by atoms with Gasteiger partial charge < -0.3 is 14.5 Å². The van der Waals surface area contributed by atoms with Crippen LogP contribution in [0, 0.1) is 0 Å². The molecule has 2 aromatic carbocycles. The number of ether oxygens (including phenoxy) is 2. The second-order valence-electron chi connectivity index (χ2n) is 5.57. The number of rotatable bonds is 1. The fraction of sp³-hybridized carbons (Fsp3) is 0.167. The van der Waals surface area contributed by atoms with Gasteiger partial charge in [-0.1, -0.05) is 18.2 Å². The predicted molar refractivity (Wildman–Crippen MR) is 85.1 cm³/mol. The van der Waals surface area contributed by atoms with Gasteiger partial charge in [0.1, 0.15) is 0 Å². The molecule has 0 aliphatic carbocycles. The van der Waals surface area contributed by atoms with Gasteiger partial charge in [0.25, 0.3) is 0 Å². The third-order valence-corrected chi connectivity index (χ3v) is 4.33. The average molecular weight is 290 g/mol. The lowest BCUT2D eigenvalue weighted by molar-refractivity contribution is 0.174. The molecule has 3 aromatic rings. The Labute approximate surface area is 127 Å². The molecule has 108 valence electrons. The van der Waals surface area contributed by atoms with E-state index in [0.29, 0.717) is 6.79 Å². The first-order valence-electron chi connectivity index (χ1n) is 7.44. The van der Waals surface area contributed by atoms with Gasteiger partial charge in [0.2, 0.25) is 6.79 Å². The van der Waals surface area contributed by atoms with E-state index in [9.17, 15) is 0 Å². The third kappa shape index (κ3) is 1.61. The molecular formula is C18H14N2O2. The van der Waals surface area contributed by atoms with Crippen molar-refractivity contribution in [2.75, 3.05) is 13.3 Å². The fourth-order valence-electron chi connectivity index (χ4n) is 3.30. The van der Waals surface area contributed by atoms with Crippen molar-refractivity contribution < 1.29 is 9.47 Å². The van der Waals surface area contributed by atoms with Crippen molar-refractivity contribution in [3.63, 3.8) is 0 Å². The Morgan fingerprint density at radius 1 is 1.00 bits per heavy atom. The number of hydrogen-bond acceptors (Lipinski definition) is 3. The van der Waals surface area contributed by atoms with Gasteiger partial charge in [-0.05, 0) is 36.2 Å². The molecular weight excluding hydrogens is 276 g/mol. The summed E-state index contributed by atoms with van der Waals surface area (Å²) >= 11 is 0. The molecule has 0 fully saturated rings. The van der Waals surface area contributed by atoms with Gasteiger partial charge in [-0.25, -0.2) is 0 Å². The molecule has 1 N–H and O–H groups in total. The Morgan fingerprint density at radius 2 is 1.91 bits per heavy atom. The monoisotopic (exact) mass is 290 g/mol. The highest BCUT2D eigenvalue weighted by Gasteiger charge is 2.22. The van der Waals surface area contributed by atoms with Crippen molar-refractivity contribution in [3.8, 4) is 11.5 Å². The molecule has 2 aliphatic heterocycles. The Kier molecular flexibility index (Phi) is 2.36. The second kappa shape index (κ2) is 4.37. The minimum Gasteiger partial charge on any atom is -0.454 e. The van der Waals surface area contributed by atoms with Crippen molar-refractivity contribution in [2.24, 2.45) is 4.99 Å². The molecule has 0 unspecified atom stereocenters. The smallest absolute Gasteiger partial charge is 0.231 e. The van der Waals surface area contributed by atoms with Crippen molar-refractivity contribution >= 4 is 16.6 Å². The second-order valence-corrected chi connectivity index (χ2v) is 5.57. The van der Waals surface area contributed by atoms with E-state index in [2.05, 4.69) is 29.2 Å².